The van der Waals surface area contributed by atoms with Crippen LogP contribution < -0.4 is 10.6 Å². The molecule has 1 aromatic carbocycles. The molecule has 0 saturated carbocycles. The predicted molar refractivity (Wildman–Crippen MR) is 92.2 cm³/mol. The van der Waals surface area contributed by atoms with E-state index in [1.54, 1.807) is 29.2 Å². The lowest BCUT2D eigenvalue weighted by molar-refractivity contribution is -0.136. The Morgan fingerprint density at radius 3 is 2.62 bits per heavy atom. The molecule has 0 spiro atoms. The average Bonchev–Trinajstić information content (AvgIpc) is 3.00. The van der Waals surface area contributed by atoms with E-state index in [0.717, 1.165) is 0 Å². The second-order valence-electron chi connectivity index (χ2n) is 5.73. The van der Waals surface area contributed by atoms with Crippen molar-refractivity contribution in [2.24, 2.45) is 0 Å². The standard InChI is InChI=1S/C17H19N3O6/c21-13(22)5-6-18-17(24)19-14-11-3-1-2-4-12(11)26-15(14)16(23)20-7-9-25-10-8-20/h1-4H,5-10H2,(H,21,22)(H2,18,19,24). The highest BCUT2D eigenvalue weighted by molar-refractivity contribution is 6.10. The van der Waals surface area contributed by atoms with Gasteiger partial charge in [0.05, 0.1) is 19.6 Å². The van der Waals surface area contributed by atoms with Gasteiger partial charge < -0.3 is 29.8 Å². The Balaban J connectivity index is 1.83. The third-order valence-electron chi connectivity index (χ3n) is 3.95. The summed E-state index contributed by atoms with van der Waals surface area (Å²) in [6.07, 6.45) is -0.195. The lowest BCUT2D eigenvalue weighted by atomic mass is 10.2. The Labute approximate surface area is 148 Å². The first kappa shape index (κ1) is 17.7. The van der Waals surface area contributed by atoms with Crippen LogP contribution in [0.25, 0.3) is 11.0 Å². The van der Waals surface area contributed by atoms with E-state index in [9.17, 15) is 14.4 Å². The largest absolute Gasteiger partial charge is 0.481 e. The molecule has 0 radical (unpaired) electrons. The van der Waals surface area contributed by atoms with Gasteiger partial charge in [0.25, 0.3) is 5.91 Å². The number of carboxylic acids is 1. The van der Waals surface area contributed by atoms with Crippen molar-refractivity contribution in [2.45, 2.75) is 6.42 Å². The molecule has 9 nitrogen and oxygen atoms in total. The topological polar surface area (TPSA) is 121 Å². The first-order valence-electron chi connectivity index (χ1n) is 8.21. The number of rotatable bonds is 5. The number of carbonyl (C=O) groups is 3. The van der Waals surface area contributed by atoms with E-state index in [2.05, 4.69) is 10.6 Å². The Kier molecular flexibility index (Phi) is 5.37. The molecular weight excluding hydrogens is 342 g/mol. The van der Waals surface area contributed by atoms with Crippen LogP contribution in [0.2, 0.25) is 0 Å². The van der Waals surface area contributed by atoms with Crippen LogP contribution in [0.15, 0.2) is 28.7 Å². The van der Waals surface area contributed by atoms with Crippen molar-refractivity contribution < 1.29 is 28.6 Å². The summed E-state index contributed by atoms with van der Waals surface area (Å²) < 4.78 is 10.9. The van der Waals surface area contributed by atoms with Gasteiger partial charge in [-0.25, -0.2) is 4.79 Å². The Morgan fingerprint density at radius 2 is 1.88 bits per heavy atom. The number of morpholine rings is 1. The fraction of sp³-hybridized carbons (Fsp3) is 0.353. The second-order valence-corrected chi connectivity index (χ2v) is 5.73. The molecule has 1 fully saturated rings. The molecule has 1 aliphatic heterocycles. The molecule has 0 bridgehead atoms. The molecule has 2 aromatic rings. The van der Waals surface area contributed by atoms with Gasteiger partial charge in [-0.2, -0.15) is 0 Å². The quantitative estimate of drug-likeness (QED) is 0.742. The minimum atomic E-state index is -1.01. The van der Waals surface area contributed by atoms with Crippen molar-refractivity contribution >= 4 is 34.6 Å². The minimum Gasteiger partial charge on any atom is -0.481 e. The van der Waals surface area contributed by atoms with E-state index in [0.29, 0.717) is 37.3 Å². The van der Waals surface area contributed by atoms with Gasteiger partial charge in [-0.15, -0.1) is 0 Å². The number of para-hydroxylation sites is 1. The van der Waals surface area contributed by atoms with E-state index in [1.165, 1.54) is 0 Å². The number of hydrogen-bond donors (Lipinski definition) is 3. The monoisotopic (exact) mass is 361 g/mol. The van der Waals surface area contributed by atoms with Crippen LogP contribution >= 0.6 is 0 Å². The third-order valence-corrected chi connectivity index (χ3v) is 3.95. The molecule has 0 aliphatic carbocycles. The number of carbonyl (C=O) groups excluding carboxylic acids is 2. The van der Waals surface area contributed by atoms with Crippen LogP contribution in [0.4, 0.5) is 10.5 Å². The van der Waals surface area contributed by atoms with Gasteiger partial charge in [0, 0.05) is 25.0 Å². The van der Waals surface area contributed by atoms with Crippen LogP contribution in [0.1, 0.15) is 17.0 Å². The highest BCUT2D eigenvalue weighted by atomic mass is 16.5. The highest BCUT2D eigenvalue weighted by Gasteiger charge is 2.27. The summed E-state index contributed by atoms with van der Waals surface area (Å²) in [7, 11) is 0. The molecule has 1 aliphatic rings. The maximum Gasteiger partial charge on any atom is 0.319 e. The zero-order valence-corrected chi connectivity index (χ0v) is 14.0. The fourth-order valence-electron chi connectivity index (χ4n) is 2.67. The van der Waals surface area contributed by atoms with Gasteiger partial charge in [0.2, 0.25) is 5.76 Å². The number of benzene rings is 1. The van der Waals surface area contributed by atoms with Crippen molar-refractivity contribution in [3.8, 4) is 0 Å². The number of nitrogens with one attached hydrogen (secondary N) is 2. The first-order valence-corrected chi connectivity index (χ1v) is 8.21. The molecule has 0 unspecified atom stereocenters. The van der Waals surface area contributed by atoms with Crippen LogP contribution in [0.5, 0.6) is 0 Å². The molecular formula is C17H19N3O6. The van der Waals surface area contributed by atoms with Crippen molar-refractivity contribution in [1.82, 2.24) is 10.2 Å². The zero-order chi connectivity index (χ0) is 18.5. The summed E-state index contributed by atoms with van der Waals surface area (Å²) in [5.74, 6) is -1.30. The lowest BCUT2D eigenvalue weighted by Crippen LogP contribution is -2.41. The van der Waals surface area contributed by atoms with Crippen molar-refractivity contribution in [1.29, 1.82) is 0 Å². The van der Waals surface area contributed by atoms with Crippen LogP contribution in [0.3, 0.4) is 0 Å². The van der Waals surface area contributed by atoms with Crippen molar-refractivity contribution in [3.63, 3.8) is 0 Å². The van der Waals surface area contributed by atoms with Crippen LogP contribution in [-0.2, 0) is 9.53 Å². The van der Waals surface area contributed by atoms with E-state index < -0.39 is 12.0 Å². The zero-order valence-electron chi connectivity index (χ0n) is 14.0. The Hall–Kier alpha value is -3.07. The molecule has 2 heterocycles. The van der Waals surface area contributed by atoms with E-state index >= 15 is 0 Å². The number of urea groups is 1. The summed E-state index contributed by atoms with van der Waals surface area (Å²) in [5, 5.41) is 14.3. The maximum absolute atomic E-state index is 12.8. The number of aliphatic carboxylic acids is 1. The average molecular weight is 361 g/mol. The lowest BCUT2D eigenvalue weighted by Gasteiger charge is -2.26. The number of anilines is 1. The summed E-state index contributed by atoms with van der Waals surface area (Å²) in [6.45, 7) is 1.76. The fourth-order valence-corrected chi connectivity index (χ4v) is 2.67. The van der Waals surface area contributed by atoms with Gasteiger partial charge in [-0.3, -0.25) is 9.59 Å². The Morgan fingerprint density at radius 1 is 1.15 bits per heavy atom. The number of ether oxygens (including phenoxy) is 1. The van der Waals surface area contributed by atoms with Gasteiger partial charge in [0.1, 0.15) is 11.3 Å². The van der Waals surface area contributed by atoms with Crippen molar-refractivity contribution in [2.75, 3.05) is 38.2 Å². The number of carboxylic acid groups (broad SMARTS) is 1. The number of amides is 3. The van der Waals surface area contributed by atoms with Gasteiger partial charge in [0.15, 0.2) is 0 Å². The van der Waals surface area contributed by atoms with E-state index in [1.807, 2.05) is 0 Å². The molecule has 1 aromatic heterocycles. The van der Waals surface area contributed by atoms with Crippen LogP contribution in [-0.4, -0.2) is 60.8 Å². The minimum absolute atomic E-state index is 0.0241. The van der Waals surface area contributed by atoms with Gasteiger partial charge in [-0.05, 0) is 12.1 Å². The van der Waals surface area contributed by atoms with E-state index in [4.69, 9.17) is 14.3 Å². The molecule has 3 amide bonds. The number of fused-ring (bicyclic) bond motifs is 1. The molecule has 26 heavy (non-hydrogen) atoms. The SMILES string of the molecule is O=C(O)CCNC(=O)Nc1c(C(=O)N2CCOCC2)oc2ccccc12. The summed E-state index contributed by atoms with van der Waals surface area (Å²) in [4.78, 5) is 37.0. The third kappa shape index (κ3) is 3.94. The molecule has 3 rings (SSSR count). The number of hydrogen-bond acceptors (Lipinski definition) is 5. The normalized spacial score (nSPS) is 14.2. The van der Waals surface area contributed by atoms with Gasteiger partial charge >= 0.3 is 12.0 Å². The molecule has 138 valence electrons. The molecule has 3 N–H and O–H groups in total. The first-order chi connectivity index (χ1) is 12.6. The summed E-state index contributed by atoms with van der Waals surface area (Å²) >= 11 is 0. The van der Waals surface area contributed by atoms with Crippen LogP contribution in [0, 0.1) is 0 Å². The Bertz CT molecular complexity index is 825. The van der Waals surface area contributed by atoms with Gasteiger partial charge in [-0.1, -0.05) is 12.1 Å². The van der Waals surface area contributed by atoms with E-state index in [-0.39, 0.29) is 30.3 Å². The molecule has 1 saturated heterocycles. The highest BCUT2D eigenvalue weighted by Crippen LogP contribution is 2.31. The molecule has 9 heteroatoms. The predicted octanol–water partition coefficient (Wildman–Crippen LogP) is 1.50. The smallest absolute Gasteiger partial charge is 0.319 e. The number of nitrogens with zero attached hydrogens (tertiary/aromatic N) is 1. The second kappa shape index (κ2) is 7.87. The summed E-state index contributed by atoms with van der Waals surface area (Å²) in [6, 6.07) is 6.38. The van der Waals surface area contributed by atoms with Crippen molar-refractivity contribution in [3.05, 3.63) is 30.0 Å². The number of furan rings is 1. The summed E-state index contributed by atoms with van der Waals surface area (Å²) in [5.41, 5.74) is 0.745. The maximum atomic E-state index is 12.8. The molecule has 0 atom stereocenters.